The van der Waals surface area contributed by atoms with E-state index >= 15 is 0 Å². The van der Waals surface area contributed by atoms with Crippen molar-refractivity contribution in [2.45, 2.75) is 19.4 Å². The summed E-state index contributed by atoms with van der Waals surface area (Å²) in [6, 6.07) is -0.560. The maximum atomic E-state index is 11.5. The Morgan fingerprint density at radius 2 is 2.13 bits per heavy atom. The molecule has 0 saturated carbocycles. The third kappa shape index (κ3) is 2.45. The molecule has 1 rings (SSSR count). The Morgan fingerprint density at radius 1 is 1.53 bits per heavy atom. The third-order valence-corrected chi connectivity index (χ3v) is 2.46. The van der Waals surface area contributed by atoms with E-state index < -0.39 is 12.0 Å². The van der Waals surface area contributed by atoms with E-state index in [2.05, 4.69) is 0 Å². The zero-order valence-electron chi connectivity index (χ0n) is 8.77. The molecule has 6 nitrogen and oxygen atoms in total. The van der Waals surface area contributed by atoms with Gasteiger partial charge in [0, 0.05) is 13.6 Å². The van der Waals surface area contributed by atoms with Gasteiger partial charge in [0.15, 0.2) is 0 Å². The van der Waals surface area contributed by atoms with E-state index in [0.717, 1.165) is 0 Å². The van der Waals surface area contributed by atoms with E-state index in [1.54, 1.807) is 14.0 Å². The van der Waals surface area contributed by atoms with Gasteiger partial charge in [0.25, 0.3) is 0 Å². The van der Waals surface area contributed by atoms with Crippen LogP contribution in [0.4, 0.5) is 0 Å². The minimum absolute atomic E-state index is 0.0305. The van der Waals surface area contributed by atoms with Crippen molar-refractivity contribution in [2.24, 2.45) is 0 Å². The lowest BCUT2D eigenvalue weighted by atomic mass is 10.1. The van der Waals surface area contributed by atoms with Gasteiger partial charge in [-0.3, -0.25) is 14.4 Å². The van der Waals surface area contributed by atoms with Crippen LogP contribution >= 0.6 is 0 Å². The SMILES string of the molecule is CC1C(=O)N(C)CC(=O)N1CCC(=O)O. The van der Waals surface area contributed by atoms with Crippen molar-refractivity contribution in [2.75, 3.05) is 20.1 Å². The Balaban J connectivity index is 2.66. The lowest BCUT2D eigenvalue weighted by molar-refractivity contribution is -0.154. The molecule has 0 aromatic heterocycles. The number of piperazine rings is 1. The molecule has 0 spiro atoms. The van der Waals surface area contributed by atoms with E-state index in [4.69, 9.17) is 5.11 Å². The average molecular weight is 214 g/mol. The number of likely N-dealkylation sites (N-methyl/N-ethyl adjacent to an activating group) is 1. The number of aliphatic carboxylic acids is 1. The molecular weight excluding hydrogens is 200 g/mol. The van der Waals surface area contributed by atoms with Crippen LogP contribution in [0.5, 0.6) is 0 Å². The van der Waals surface area contributed by atoms with Crippen LogP contribution in [0.3, 0.4) is 0 Å². The molecule has 2 amide bonds. The van der Waals surface area contributed by atoms with E-state index in [9.17, 15) is 14.4 Å². The zero-order chi connectivity index (χ0) is 11.6. The summed E-state index contributed by atoms with van der Waals surface area (Å²) in [4.78, 5) is 36.1. The first-order valence-electron chi connectivity index (χ1n) is 4.69. The number of carbonyl (C=O) groups is 3. The fourth-order valence-electron chi connectivity index (χ4n) is 1.57. The van der Waals surface area contributed by atoms with Crippen LogP contribution < -0.4 is 0 Å². The minimum atomic E-state index is -0.971. The van der Waals surface area contributed by atoms with Crippen LogP contribution in [0, 0.1) is 0 Å². The maximum Gasteiger partial charge on any atom is 0.305 e. The Labute approximate surface area is 87.5 Å². The Kier molecular flexibility index (Phi) is 3.28. The number of hydrogen-bond donors (Lipinski definition) is 1. The molecule has 1 aliphatic rings. The van der Waals surface area contributed by atoms with Gasteiger partial charge in [0.1, 0.15) is 6.04 Å². The third-order valence-electron chi connectivity index (χ3n) is 2.46. The first-order valence-corrected chi connectivity index (χ1v) is 4.69. The number of carboxylic acid groups (broad SMARTS) is 1. The summed E-state index contributed by atoms with van der Waals surface area (Å²) < 4.78 is 0. The number of hydrogen-bond acceptors (Lipinski definition) is 3. The second kappa shape index (κ2) is 4.29. The van der Waals surface area contributed by atoms with Crippen LogP contribution in [0.2, 0.25) is 0 Å². The zero-order valence-corrected chi connectivity index (χ0v) is 8.77. The summed E-state index contributed by atoms with van der Waals surface area (Å²) >= 11 is 0. The van der Waals surface area contributed by atoms with Crippen LogP contribution in [0.15, 0.2) is 0 Å². The number of carbonyl (C=O) groups excluding carboxylic acids is 2. The Morgan fingerprint density at radius 3 is 2.67 bits per heavy atom. The first-order chi connectivity index (χ1) is 6.93. The largest absolute Gasteiger partial charge is 0.481 e. The van der Waals surface area contributed by atoms with Gasteiger partial charge in [-0.1, -0.05) is 0 Å². The smallest absolute Gasteiger partial charge is 0.305 e. The molecule has 1 atom stereocenters. The molecule has 1 fully saturated rings. The van der Waals surface area contributed by atoms with Gasteiger partial charge in [-0.25, -0.2) is 0 Å². The van der Waals surface area contributed by atoms with Crippen LogP contribution in [-0.2, 0) is 14.4 Å². The summed E-state index contributed by atoms with van der Waals surface area (Å²) in [5, 5.41) is 8.50. The quantitative estimate of drug-likeness (QED) is 0.663. The van der Waals surface area contributed by atoms with Crippen molar-refractivity contribution in [3.63, 3.8) is 0 Å². The number of amides is 2. The molecule has 1 heterocycles. The molecule has 84 valence electrons. The van der Waals surface area contributed by atoms with Gasteiger partial charge in [0.05, 0.1) is 13.0 Å². The molecule has 0 aromatic carbocycles. The summed E-state index contributed by atoms with van der Waals surface area (Å²) in [6.07, 6.45) is -0.132. The van der Waals surface area contributed by atoms with Gasteiger partial charge in [-0.15, -0.1) is 0 Å². The molecule has 1 aliphatic heterocycles. The first kappa shape index (κ1) is 11.5. The summed E-state index contributed by atoms with van der Waals surface area (Å²) in [6.45, 7) is 1.73. The Bertz CT molecular complexity index is 302. The van der Waals surface area contributed by atoms with Gasteiger partial charge in [-0.05, 0) is 6.92 Å². The Hall–Kier alpha value is -1.59. The highest BCUT2D eigenvalue weighted by Gasteiger charge is 2.34. The maximum absolute atomic E-state index is 11.5. The molecule has 1 N–H and O–H groups in total. The average Bonchev–Trinajstić information content (AvgIpc) is 2.14. The van der Waals surface area contributed by atoms with E-state index in [-0.39, 0.29) is 31.3 Å². The molecule has 0 aliphatic carbocycles. The highest BCUT2D eigenvalue weighted by atomic mass is 16.4. The molecule has 1 saturated heterocycles. The molecule has 0 bridgehead atoms. The normalized spacial score (nSPS) is 22.1. The van der Waals surface area contributed by atoms with Crippen molar-refractivity contribution in [1.82, 2.24) is 9.80 Å². The van der Waals surface area contributed by atoms with E-state index in [1.165, 1.54) is 9.80 Å². The summed E-state index contributed by atoms with van der Waals surface area (Å²) in [5.41, 5.74) is 0. The van der Waals surface area contributed by atoms with Crippen LogP contribution in [0.25, 0.3) is 0 Å². The fourth-order valence-corrected chi connectivity index (χ4v) is 1.57. The second-order valence-electron chi connectivity index (χ2n) is 3.60. The lowest BCUT2D eigenvalue weighted by Gasteiger charge is -2.36. The highest BCUT2D eigenvalue weighted by Crippen LogP contribution is 2.11. The predicted octanol–water partition coefficient (Wildman–Crippen LogP) is -0.850. The molecule has 15 heavy (non-hydrogen) atoms. The van der Waals surface area contributed by atoms with Gasteiger partial charge < -0.3 is 14.9 Å². The molecule has 0 aromatic rings. The predicted molar refractivity (Wildman–Crippen MR) is 51.1 cm³/mol. The van der Waals surface area contributed by atoms with Crippen molar-refractivity contribution < 1.29 is 19.5 Å². The van der Waals surface area contributed by atoms with Crippen LogP contribution in [-0.4, -0.2) is 58.9 Å². The van der Waals surface area contributed by atoms with Gasteiger partial charge in [0.2, 0.25) is 11.8 Å². The molecule has 1 unspecified atom stereocenters. The van der Waals surface area contributed by atoms with E-state index in [0.29, 0.717) is 0 Å². The molecule has 0 radical (unpaired) electrons. The van der Waals surface area contributed by atoms with Crippen molar-refractivity contribution in [3.05, 3.63) is 0 Å². The lowest BCUT2D eigenvalue weighted by Crippen LogP contribution is -2.57. The topological polar surface area (TPSA) is 77.9 Å². The number of carboxylic acids is 1. The highest BCUT2D eigenvalue weighted by molar-refractivity contribution is 5.94. The molecule has 6 heteroatoms. The monoisotopic (exact) mass is 214 g/mol. The molecular formula is C9H14N2O4. The van der Waals surface area contributed by atoms with Crippen LogP contribution in [0.1, 0.15) is 13.3 Å². The van der Waals surface area contributed by atoms with Crippen molar-refractivity contribution in [3.8, 4) is 0 Å². The second-order valence-corrected chi connectivity index (χ2v) is 3.60. The van der Waals surface area contributed by atoms with Gasteiger partial charge >= 0.3 is 5.97 Å². The van der Waals surface area contributed by atoms with Crippen molar-refractivity contribution in [1.29, 1.82) is 0 Å². The number of nitrogens with zero attached hydrogens (tertiary/aromatic N) is 2. The van der Waals surface area contributed by atoms with E-state index in [1.807, 2.05) is 0 Å². The fraction of sp³-hybridized carbons (Fsp3) is 0.667. The summed E-state index contributed by atoms with van der Waals surface area (Å²) in [7, 11) is 1.56. The van der Waals surface area contributed by atoms with Gasteiger partial charge in [-0.2, -0.15) is 0 Å². The minimum Gasteiger partial charge on any atom is -0.481 e. The van der Waals surface area contributed by atoms with Crippen molar-refractivity contribution >= 4 is 17.8 Å². The standard InChI is InChI=1S/C9H14N2O4/c1-6-9(15)10(2)5-7(12)11(6)4-3-8(13)14/h6H,3-5H2,1-2H3,(H,13,14). The summed E-state index contributed by atoms with van der Waals surface area (Å²) in [5.74, 6) is -1.33. The number of rotatable bonds is 3.